The van der Waals surface area contributed by atoms with Crippen molar-refractivity contribution in [2.45, 2.75) is 56.5 Å². The number of nitriles is 1. The second kappa shape index (κ2) is 11.9. The summed E-state index contributed by atoms with van der Waals surface area (Å²) in [6.07, 6.45) is 3.01. The fourth-order valence-electron chi connectivity index (χ4n) is 6.07. The van der Waals surface area contributed by atoms with Crippen LogP contribution in [-0.4, -0.2) is 54.8 Å². The van der Waals surface area contributed by atoms with Gasteiger partial charge in [0.05, 0.1) is 12.6 Å². The van der Waals surface area contributed by atoms with Gasteiger partial charge in [0, 0.05) is 30.9 Å². The highest BCUT2D eigenvalue weighted by Crippen LogP contribution is 2.44. The van der Waals surface area contributed by atoms with Crippen molar-refractivity contribution in [1.82, 2.24) is 21.1 Å². The minimum Gasteiger partial charge on any atom is -0.399 e. The van der Waals surface area contributed by atoms with Crippen molar-refractivity contribution in [3.63, 3.8) is 0 Å². The fraction of sp³-hybridized carbons (Fsp3) is 0.400. The van der Waals surface area contributed by atoms with Gasteiger partial charge in [-0.15, -0.1) is 0 Å². The zero-order valence-corrected chi connectivity index (χ0v) is 23.0. The van der Waals surface area contributed by atoms with E-state index in [0.29, 0.717) is 43.5 Å². The molecular weight excluding hydrogens is 506 g/mol. The Balaban J connectivity index is 1.78. The lowest BCUT2D eigenvalue weighted by atomic mass is 9.67. The number of rotatable bonds is 9. The van der Waals surface area contributed by atoms with E-state index in [4.69, 9.17) is 11.5 Å². The molecule has 0 bridgehead atoms. The molecule has 2 aliphatic rings. The monoisotopic (exact) mass is 543 g/mol. The number of hydrogen-bond acceptors (Lipinski definition) is 7. The van der Waals surface area contributed by atoms with Crippen LogP contribution in [0.2, 0.25) is 0 Å². The molecule has 4 rings (SSSR count). The Morgan fingerprint density at radius 3 is 2.33 bits per heavy atom. The number of carbonyl (C=O) groups excluding carboxylic acids is 3. The number of hydrazine groups is 1. The Kier molecular flexibility index (Phi) is 8.57. The van der Waals surface area contributed by atoms with Crippen molar-refractivity contribution >= 4 is 23.4 Å². The molecule has 3 amide bonds. The highest BCUT2D eigenvalue weighted by atomic mass is 16.2. The third-order valence-electron chi connectivity index (χ3n) is 8.01. The third-order valence-corrected chi connectivity index (χ3v) is 8.01. The number of nitrogens with two attached hydrogens (primary N) is 2. The van der Waals surface area contributed by atoms with Gasteiger partial charge < -0.3 is 21.7 Å². The zero-order chi connectivity index (χ0) is 29.0. The van der Waals surface area contributed by atoms with Crippen LogP contribution in [0.25, 0.3) is 5.70 Å². The number of nitrogens with zero attached hydrogens (tertiary/aromatic N) is 2. The number of carbonyl (C=O) groups is 3. The Bertz CT molecular complexity index is 1310. The molecule has 3 atom stereocenters. The molecule has 1 aliphatic carbocycles. The summed E-state index contributed by atoms with van der Waals surface area (Å²) in [4.78, 5) is 40.7. The quantitative estimate of drug-likeness (QED) is 0.297. The Morgan fingerprint density at radius 1 is 1.12 bits per heavy atom. The second-order valence-corrected chi connectivity index (χ2v) is 10.6. The summed E-state index contributed by atoms with van der Waals surface area (Å²) in [5.41, 5.74) is 21.0. The smallest absolute Gasteiger partial charge is 0.249 e. The predicted octanol–water partition coefficient (Wildman–Crippen LogP) is 1.23. The molecule has 2 unspecified atom stereocenters. The van der Waals surface area contributed by atoms with Crippen LogP contribution in [0.4, 0.5) is 0 Å². The van der Waals surface area contributed by atoms with Crippen molar-refractivity contribution in [1.29, 1.82) is 5.26 Å². The fourth-order valence-corrected chi connectivity index (χ4v) is 6.07. The van der Waals surface area contributed by atoms with Crippen LogP contribution in [-0.2, 0) is 27.8 Å². The summed E-state index contributed by atoms with van der Waals surface area (Å²) >= 11 is 0. The van der Waals surface area contributed by atoms with Gasteiger partial charge in [0.1, 0.15) is 11.5 Å². The van der Waals surface area contributed by atoms with Crippen molar-refractivity contribution in [2.24, 2.45) is 11.5 Å². The summed E-state index contributed by atoms with van der Waals surface area (Å²) in [5, 5.41) is 12.7. The van der Waals surface area contributed by atoms with E-state index in [0.717, 1.165) is 34.2 Å². The maximum atomic E-state index is 14.2. The highest BCUT2D eigenvalue weighted by Gasteiger charge is 2.47. The van der Waals surface area contributed by atoms with Gasteiger partial charge in [0.25, 0.3) is 0 Å². The molecular formula is C30H37N7O3. The molecule has 0 aromatic heterocycles. The predicted molar refractivity (Wildman–Crippen MR) is 152 cm³/mol. The lowest BCUT2D eigenvalue weighted by Gasteiger charge is -2.37. The molecule has 7 N–H and O–H groups in total. The molecule has 0 spiro atoms. The van der Waals surface area contributed by atoms with E-state index in [2.05, 4.69) is 28.8 Å². The van der Waals surface area contributed by atoms with E-state index >= 15 is 0 Å². The van der Waals surface area contributed by atoms with Crippen molar-refractivity contribution in [3.8, 4) is 6.07 Å². The molecule has 0 saturated carbocycles. The van der Waals surface area contributed by atoms with Gasteiger partial charge in [-0.1, -0.05) is 24.8 Å². The molecule has 10 nitrogen and oxygen atoms in total. The molecule has 2 aromatic rings. The molecule has 10 heteroatoms. The van der Waals surface area contributed by atoms with E-state index in [1.165, 1.54) is 0 Å². The third kappa shape index (κ3) is 5.43. The molecule has 1 saturated heterocycles. The zero-order valence-electron chi connectivity index (χ0n) is 23.0. The summed E-state index contributed by atoms with van der Waals surface area (Å²) in [6, 6.07) is 12.5. The Morgan fingerprint density at radius 2 is 1.75 bits per heavy atom. The molecule has 40 heavy (non-hydrogen) atoms. The number of amides is 3. The summed E-state index contributed by atoms with van der Waals surface area (Å²) < 4.78 is 0. The van der Waals surface area contributed by atoms with Crippen molar-refractivity contribution in [3.05, 3.63) is 76.4 Å². The van der Waals surface area contributed by atoms with Crippen molar-refractivity contribution in [2.75, 3.05) is 20.1 Å². The number of hydrogen-bond donors (Lipinski definition) is 5. The first-order valence-corrected chi connectivity index (χ1v) is 13.5. The average molecular weight is 544 g/mol. The topological polar surface area (TPSA) is 166 Å². The normalized spacial score (nSPS) is 20.4. The van der Waals surface area contributed by atoms with Gasteiger partial charge in [-0.3, -0.25) is 19.8 Å². The molecule has 0 radical (unpaired) electrons. The van der Waals surface area contributed by atoms with Crippen LogP contribution in [0.5, 0.6) is 0 Å². The van der Waals surface area contributed by atoms with Gasteiger partial charge in [-0.2, -0.15) is 5.26 Å². The van der Waals surface area contributed by atoms with Gasteiger partial charge in [0.2, 0.25) is 17.7 Å². The Hall–Kier alpha value is -4.20. The summed E-state index contributed by atoms with van der Waals surface area (Å²) in [5.74, 6) is -0.944. The van der Waals surface area contributed by atoms with Crippen LogP contribution in [0.15, 0.2) is 43.0 Å². The first-order valence-electron chi connectivity index (χ1n) is 13.5. The maximum absolute atomic E-state index is 14.2. The molecule has 1 aliphatic heterocycles. The number of primary amides is 1. The molecule has 210 valence electrons. The van der Waals surface area contributed by atoms with Gasteiger partial charge in [0.15, 0.2) is 0 Å². The number of aryl methyl sites for hydroxylation is 2. The molecule has 1 fully saturated rings. The van der Waals surface area contributed by atoms with Crippen LogP contribution >= 0.6 is 0 Å². The van der Waals surface area contributed by atoms with Gasteiger partial charge in [-0.25, -0.2) is 5.43 Å². The number of nitrogens with one attached hydrogen (secondary N) is 3. The maximum Gasteiger partial charge on any atom is 0.249 e. The number of fused-ring (bicyclic) bond motifs is 2. The SMILES string of the molecule is C=C(N)c1ccc2c(c1)CCc1cc(C(N)=O)ccc1C2(C[C@@H](C)NCC(=O)N1CCCC1C#N)C(=O)NNC. The van der Waals surface area contributed by atoms with E-state index in [9.17, 15) is 19.6 Å². The van der Waals surface area contributed by atoms with Crippen LogP contribution in [0, 0.1) is 11.3 Å². The number of benzene rings is 2. The van der Waals surface area contributed by atoms with E-state index < -0.39 is 17.4 Å². The second-order valence-electron chi connectivity index (χ2n) is 10.6. The largest absolute Gasteiger partial charge is 0.399 e. The molecule has 2 aromatic carbocycles. The van der Waals surface area contributed by atoms with Crippen LogP contribution < -0.4 is 27.6 Å². The van der Waals surface area contributed by atoms with Gasteiger partial charge in [-0.05, 0) is 85.0 Å². The lowest BCUT2D eigenvalue weighted by Crippen LogP contribution is -2.53. The van der Waals surface area contributed by atoms with E-state index in [1.54, 1.807) is 24.1 Å². The average Bonchev–Trinajstić information content (AvgIpc) is 3.37. The van der Waals surface area contributed by atoms with E-state index in [-0.39, 0.29) is 24.4 Å². The minimum absolute atomic E-state index is 0.0509. The highest BCUT2D eigenvalue weighted by molar-refractivity contribution is 5.96. The first-order chi connectivity index (χ1) is 19.1. The summed E-state index contributed by atoms with van der Waals surface area (Å²) in [6.45, 7) is 6.43. The Labute approximate surface area is 234 Å². The van der Waals surface area contributed by atoms with E-state index in [1.807, 2.05) is 31.2 Å². The number of likely N-dealkylation sites (tertiary alicyclic amines) is 1. The van der Waals surface area contributed by atoms with Crippen LogP contribution in [0.1, 0.15) is 64.4 Å². The minimum atomic E-state index is -1.17. The lowest BCUT2D eigenvalue weighted by molar-refractivity contribution is -0.130. The summed E-state index contributed by atoms with van der Waals surface area (Å²) in [7, 11) is 1.63. The molecule has 1 heterocycles. The van der Waals surface area contributed by atoms with Crippen molar-refractivity contribution < 1.29 is 14.4 Å². The standard InChI is InChI=1S/C30H37N7O3/c1-18(35-17-27(38)37-12-4-5-24(37)16-31)15-30(29(40)36-34-3)25-10-8-20(19(2)32)13-21(25)6-7-22-14-23(28(33)39)9-11-26(22)30/h8-11,13-14,18,24,34-35H,2,4-7,12,15,17,32H2,1,3H3,(H2,33,39)(H,36,40)/t18-,24?,30?/m1/s1. The van der Waals surface area contributed by atoms with Crippen LogP contribution in [0.3, 0.4) is 0 Å². The van der Waals surface area contributed by atoms with Gasteiger partial charge >= 0.3 is 0 Å². The first kappa shape index (κ1) is 28.8.